The van der Waals surface area contributed by atoms with Gasteiger partial charge in [0.05, 0.1) is 32.0 Å². The Morgan fingerprint density at radius 3 is 0.902 bits per heavy atom. The molecule has 2 aliphatic rings. The highest BCUT2D eigenvalue weighted by Crippen LogP contribution is 2.31. The van der Waals surface area contributed by atoms with Crippen LogP contribution in [0.15, 0.2) is 12.2 Å². The lowest BCUT2D eigenvalue weighted by molar-refractivity contribution is -0.359. The summed E-state index contributed by atoms with van der Waals surface area (Å²) in [5.74, 6) is -0.227. The zero-order valence-electron chi connectivity index (χ0n) is 66.9. The van der Waals surface area contributed by atoms with Crippen LogP contribution < -0.4 is 5.32 Å². The van der Waals surface area contributed by atoms with Crippen molar-refractivity contribution < 1.29 is 64.6 Å². The molecular formula is C88H171NO13. The standard InChI is InChI=1S/C88H171NO13/c1-3-5-7-9-11-13-15-17-19-21-23-25-27-29-31-33-34-35-36-37-38-39-40-41-42-44-46-48-50-52-54-56-58-60-62-64-66-68-70-72-80(93)89-76(75-99-87-85(98)83(96)86(79(74-91)101-87)102-88-84(97)82(95)81(94)78(73-90)100-88)77(92)71-69-67-65-63-61-59-57-55-53-51-49-47-45-43-32-30-28-26-24-22-20-18-16-14-12-10-8-6-4-2/h69,71,76-79,81-88,90-92,94-98H,3-68,70,72-75H2,1-2H3,(H,89,93)/b71-69+. The van der Waals surface area contributed by atoms with Gasteiger partial charge in [0.25, 0.3) is 0 Å². The highest BCUT2D eigenvalue weighted by Gasteiger charge is 2.51. The predicted molar refractivity (Wildman–Crippen MR) is 425 cm³/mol. The van der Waals surface area contributed by atoms with Crippen LogP contribution in [-0.2, 0) is 23.7 Å². The smallest absolute Gasteiger partial charge is 0.220 e. The summed E-state index contributed by atoms with van der Waals surface area (Å²) in [5, 5.41) is 87.8. The maximum atomic E-state index is 13.4. The average molecular weight is 1450 g/mol. The molecule has 0 bridgehead atoms. The van der Waals surface area contributed by atoms with E-state index in [-0.39, 0.29) is 18.9 Å². The maximum Gasteiger partial charge on any atom is 0.220 e. The second-order valence-corrected chi connectivity index (χ2v) is 32.1. The Hall–Kier alpha value is -1.27. The Morgan fingerprint density at radius 2 is 0.608 bits per heavy atom. The molecule has 14 nitrogen and oxygen atoms in total. The Balaban J connectivity index is 1.55. The number of carbonyl (C=O) groups excluding carboxylic acids is 1. The minimum atomic E-state index is -1.79. The van der Waals surface area contributed by atoms with E-state index in [0.717, 1.165) is 44.9 Å². The number of aliphatic hydroxyl groups is 8. The van der Waals surface area contributed by atoms with Crippen molar-refractivity contribution in [2.24, 2.45) is 0 Å². The van der Waals surface area contributed by atoms with Gasteiger partial charge in [-0.1, -0.05) is 437 Å². The lowest BCUT2D eigenvalue weighted by atomic mass is 9.97. The van der Waals surface area contributed by atoms with Gasteiger partial charge in [0.2, 0.25) is 5.91 Å². The van der Waals surface area contributed by atoms with Crippen molar-refractivity contribution in [2.75, 3.05) is 19.8 Å². The first-order valence-electron chi connectivity index (χ1n) is 44.9. The van der Waals surface area contributed by atoms with Gasteiger partial charge in [-0.3, -0.25) is 4.79 Å². The number of allylic oxidation sites excluding steroid dienone is 1. The predicted octanol–water partition coefficient (Wildman–Crippen LogP) is 21.6. The van der Waals surface area contributed by atoms with Crippen molar-refractivity contribution in [2.45, 2.75) is 524 Å². The molecule has 2 saturated heterocycles. The molecule has 0 radical (unpaired) electrons. The largest absolute Gasteiger partial charge is 0.394 e. The molecule has 1 amide bonds. The second kappa shape index (κ2) is 72.6. The van der Waals surface area contributed by atoms with Gasteiger partial charge in [0.1, 0.15) is 48.8 Å². The number of carbonyl (C=O) groups is 1. The van der Waals surface area contributed by atoms with Gasteiger partial charge in [-0.25, -0.2) is 0 Å². The van der Waals surface area contributed by atoms with Crippen molar-refractivity contribution in [3.63, 3.8) is 0 Å². The van der Waals surface area contributed by atoms with Crippen molar-refractivity contribution in [3.8, 4) is 0 Å². The molecule has 2 fully saturated rings. The molecule has 0 aliphatic carbocycles. The second-order valence-electron chi connectivity index (χ2n) is 32.1. The van der Waals surface area contributed by atoms with E-state index >= 15 is 0 Å². The third-order valence-corrected chi connectivity index (χ3v) is 22.5. The fraction of sp³-hybridized carbons (Fsp3) is 0.966. The summed E-state index contributed by atoms with van der Waals surface area (Å²) in [6.07, 6.45) is 77.7. The van der Waals surface area contributed by atoms with E-state index in [9.17, 15) is 45.6 Å². The van der Waals surface area contributed by atoms with E-state index < -0.39 is 86.8 Å². The number of hydrogen-bond acceptors (Lipinski definition) is 13. The van der Waals surface area contributed by atoms with Crippen LogP contribution in [0.1, 0.15) is 450 Å². The van der Waals surface area contributed by atoms with Gasteiger partial charge in [-0.05, 0) is 19.3 Å². The Bertz CT molecular complexity index is 1760. The van der Waals surface area contributed by atoms with Crippen LogP contribution in [-0.4, -0.2) is 140 Å². The molecule has 2 heterocycles. The lowest BCUT2D eigenvalue weighted by Gasteiger charge is -2.46. The molecule has 606 valence electrons. The lowest BCUT2D eigenvalue weighted by Crippen LogP contribution is -2.65. The average Bonchev–Trinajstić information content (AvgIpc) is 0.790. The van der Waals surface area contributed by atoms with Crippen molar-refractivity contribution in [3.05, 3.63) is 12.2 Å². The van der Waals surface area contributed by atoms with Gasteiger partial charge >= 0.3 is 0 Å². The molecule has 12 unspecified atom stereocenters. The van der Waals surface area contributed by atoms with E-state index in [1.807, 2.05) is 6.08 Å². The molecule has 0 aromatic heterocycles. The molecule has 2 aliphatic heterocycles. The summed E-state index contributed by atoms with van der Waals surface area (Å²) in [6, 6.07) is -0.913. The summed E-state index contributed by atoms with van der Waals surface area (Å²) in [6.45, 7) is 2.89. The Morgan fingerprint density at radius 1 is 0.343 bits per heavy atom. The van der Waals surface area contributed by atoms with Gasteiger partial charge < -0.3 is 65.1 Å². The molecule has 0 aromatic carbocycles. The van der Waals surface area contributed by atoms with Crippen molar-refractivity contribution in [1.29, 1.82) is 0 Å². The first-order chi connectivity index (χ1) is 50.1. The van der Waals surface area contributed by atoms with Crippen molar-refractivity contribution >= 4 is 5.91 Å². The topological polar surface area (TPSA) is 228 Å². The van der Waals surface area contributed by atoms with Crippen LogP contribution in [0.25, 0.3) is 0 Å². The van der Waals surface area contributed by atoms with Crippen LogP contribution in [0.2, 0.25) is 0 Å². The number of ether oxygens (including phenoxy) is 4. The minimum Gasteiger partial charge on any atom is -0.394 e. The number of rotatable bonds is 78. The number of hydrogen-bond donors (Lipinski definition) is 9. The van der Waals surface area contributed by atoms with E-state index in [1.165, 1.54) is 385 Å². The van der Waals surface area contributed by atoms with Gasteiger partial charge in [0, 0.05) is 6.42 Å². The third kappa shape index (κ3) is 54.3. The number of amides is 1. The van der Waals surface area contributed by atoms with Crippen LogP contribution in [0.3, 0.4) is 0 Å². The van der Waals surface area contributed by atoms with Crippen LogP contribution in [0, 0.1) is 0 Å². The van der Waals surface area contributed by atoms with Gasteiger partial charge in [0.15, 0.2) is 12.6 Å². The Labute approximate surface area is 628 Å². The number of nitrogens with one attached hydrogen (secondary N) is 1. The highest BCUT2D eigenvalue weighted by atomic mass is 16.7. The normalized spacial score (nSPS) is 21.6. The summed E-state index contributed by atoms with van der Waals surface area (Å²) in [5.41, 5.74) is 0. The molecule has 9 N–H and O–H groups in total. The number of aliphatic hydroxyl groups excluding tert-OH is 8. The molecule has 102 heavy (non-hydrogen) atoms. The summed E-state index contributed by atoms with van der Waals surface area (Å²) >= 11 is 0. The summed E-state index contributed by atoms with van der Waals surface area (Å²) in [7, 11) is 0. The van der Waals surface area contributed by atoms with E-state index in [1.54, 1.807) is 6.08 Å². The van der Waals surface area contributed by atoms with E-state index in [4.69, 9.17) is 18.9 Å². The van der Waals surface area contributed by atoms with Crippen LogP contribution >= 0.6 is 0 Å². The molecular weight excluding hydrogens is 1280 g/mol. The zero-order valence-corrected chi connectivity index (χ0v) is 66.9. The van der Waals surface area contributed by atoms with Crippen LogP contribution in [0.4, 0.5) is 0 Å². The van der Waals surface area contributed by atoms with E-state index in [2.05, 4.69) is 19.2 Å². The van der Waals surface area contributed by atoms with Gasteiger partial charge in [-0.2, -0.15) is 0 Å². The first kappa shape index (κ1) is 96.8. The highest BCUT2D eigenvalue weighted by molar-refractivity contribution is 5.76. The quantitative estimate of drug-likeness (QED) is 0.0204. The third-order valence-electron chi connectivity index (χ3n) is 22.5. The Kier molecular flexibility index (Phi) is 68.9. The van der Waals surface area contributed by atoms with E-state index in [0.29, 0.717) is 0 Å². The fourth-order valence-electron chi connectivity index (χ4n) is 15.4. The molecule has 0 spiro atoms. The fourth-order valence-corrected chi connectivity index (χ4v) is 15.4. The molecule has 14 heteroatoms. The molecule has 2 rings (SSSR count). The SMILES string of the molecule is CCCCCCCCCCCCCCCCCCCCCCCCCCCCC/C=C/C(O)C(COC1OC(CO)C(OC2OC(CO)C(O)C(O)C2O)C(O)C1O)NC(=O)CCCCCCCCCCCCCCCCCCCCCCCCCCCCCCCCCCCCCCCCC. The van der Waals surface area contributed by atoms with Crippen LogP contribution in [0.5, 0.6) is 0 Å². The molecule has 0 saturated carbocycles. The van der Waals surface area contributed by atoms with Gasteiger partial charge in [-0.15, -0.1) is 0 Å². The minimum absolute atomic E-state index is 0.227. The summed E-state index contributed by atoms with van der Waals surface area (Å²) in [4.78, 5) is 13.4. The monoisotopic (exact) mass is 1450 g/mol. The first-order valence-corrected chi connectivity index (χ1v) is 44.9. The molecule has 0 aromatic rings. The summed E-state index contributed by atoms with van der Waals surface area (Å²) < 4.78 is 23.0. The molecule has 12 atom stereocenters. The zero-order chi connectivity index (χ0) is 73.7. The maximum absolute atomic E-state index is 13.4. The van der Waals surface area contributed by atoms with Crippen molar-refractivity contribution in [1.82, 2.24) is 5.32 Å². The number of unbranched alkanes of at least 4 members (excludes halogenated alkanes) is 65.